The first-order valence-electron chi connectivity index (χ1n) is 6.24. The molecule has 2 atom stereocenters. The number of rotatable bonds is 5. The lowest BCUT2D eigenvalue weighted by Gasteiger charge is -2.26. The van der Waals surface area contributed by atoms with E-state index >= 15 is 0 Å². The fraction of sp³-hybridized carbons (Fsp3) is 0.533. The van der Waals surface area contributed by atoms with Crippen molar-refractivity contribution in [2.45, 2.75) is 39.2 Å². The zero-order chi connectivity index (χ0) is 13.0. The summed E-state index contributed by atoms with van der Waals surface area (Å²) in [7, 11) is 3.92. The van der Waals surface area contributed by atoms with Crippen molar-refractivity contribution in [2.24, 2.45) is 0 Å². The Kier molecular flexibility index (Phi) is 4.88. The summed E-state index contributed by atoms with van der Waals surface area (Å²) in [5.41, 5.74) is 2.45. The maximum atomic E-state index is 11.8. The van der Waals surface area contributed by atoms with Gasteiger partial charge >= 0.3 is 0 Å². The lowest BCUT2D eigenvalue weighted by Crippen LogP contribution is -2.27. The molecule has 17 heavy (non-hydrogen) atoms. The number of carbonyl (C=O) groups is 1. The quantitative estimate of drug-likeness (QED) is 0.777. The van der Waals surface area contributed by atoms with Gasteiger partial charge in [-0.25, -0.2) is 0 Å². The van der Waals surface area contributed by atoms with E-state index in [-0.39, 0.29) is 11.8 Å². The Labute approximate surface area is 105 Å². The van der Waals surface area contributed by atoms with E-state index in [9.17, 15) is 4.79 Å². The Morgan fingerprint density at radius 1 is 1.24 bits per heavy atom. The molecule has 0 aliphatic heterocycles. The van der Waals surface area contributed by atoms with Crippen molar-refractivity contribution in [2.75, 3.05) is 14.1 Å². The summed E-state index contributed by atoms with van der Waals surface area (Å²) in [5.74, 6) is 0.693. The molecule has 0 N–H and O–H groups in total. The molecule has 2 unspecified atom stereocenters. The van der Waals surface area contributed by atoms with Gasteiger partial charge in [0.2, 0.25) is 0 Å². The van der Waals surface area contributed by atoms with Gasteiger partial charge in [-0.15, -0.1) is 0 Å². The molecule has 0 saturated carbocycles. The maximum Gasteiger partial charge on any atom is 0.151 e. The zero-order valence-corrected chi connectivity index (χ0v) is 11.5. The monoisotopic (exact) mass is 233 g/mol. The Balaban J connectivity index is 3.23. The summed E-state index contributed by atoms with van der Waals surface area (Å²) in [6, 6.07) is 8.16. The third-order valence-corrected chi connectivity index (χ3v) is 3.34. The molecule has 0 aliphatic carbocycles. The highest BCUT2D eigenvalue weighted by Crippen LogP contribution is 2.29. The van der Waals surface area contributed by atoms with E-state index in [2.05, 4.69) is 32.0 Å². The van der Waals surface area contributed by atoms with Gasteiger partial charge < -0.3 is 0 Å². The van der Waals surface area contributed by atoms with Crippen molar-refractivity contribution in [3.8, 4) is 0 Å². The van der Waals surface area contributed by atoms with Crippen LogP contribution >= 0.6 is 0 Å². The molecule has 1 aromatic rings. The first-order chi connectivity index (χ1) is 7.99. The smallest absolute Gasteiger partial charge is 0.151 e. The van der Waals surface area contributed by atoms with Gasteiger partial charge in [-0.2, -0.15) is 0 Å². The number of likely N-dealkylation sites (N-methyl/N-ethyl adjacent to an activating group) is 1. The van der Waals surface area contributed by atoms with Gasteiger partial charge in [-0.05, 0) is 44.5 Å². The number of benzene rings is 1. The van der Waals surface area contributed by atoms with Crippen LogP contribution < -0.4 is 0 Å². The highest BCUT2D eigenvalue weighted by atomic mass is 16.1. The largest absolute Gasteiger partial charge is 0.298 e. The molecule has 0 spiro atoms. The topological polar surface area (TPSA) is 20.3 Å². The van der Waals surface area contributed by atoms with Gasteiger partial charge in [-0.3, -0.25) is 9.69 Å². The lowest BCUT2D eigenvalue weighted by molar-refractivity contribution is -0.121. The molecule has 0 heterocycles. The standard InChI is InChI=1S/C15H23NO/c1-6-11(2)13-9-7-8-10-14(13)15(12(3)17)16(4)5/h7-11,15H,6H2,1-5H3. The van der Waals surface area contributed by atoms with Crippen LogP contribution in [0.15, 0.2) is 24.3 Å². The van der Waals surface area contributed by atoms with Gasteiger partial charge in [0.15, 0.2) is 5.78 Å². The van der Waals surface area contributed by atoms with Crippen LogP contribution in [-0.2, 0) is 4.79 Å². The molecule has 0 fully saturated rings. The summed E-state index contributed by atoms with van der Waals surface area (Å²) in [6.07, 6.45) is 1.09. The van der Waals surface area contributed by atoms with Crippen molar-refractivity contribution < 1.29 is 4.79 Å². The molecule has 2 heteroatoms. The number of hydrogen-bond donors (Lipinski definition) is 0. The van der Waals surface area contributed by atoms with Crippen LogP contribution in [0.4, 0.5) is 0 Å². The number of nitrogens with zero attached hydrogens (tertiary/aromatic N) is 1. The zero-order valence-electron chi connectivity index (χ0n) is 11.5. The third-order valence-electron chi connectivity index (χ3n) is 3.34. The molecule has 1 aromatic carbocycles. The maximum absolute atomic E-state index is 11.8. The van der Waals surface area contributed by atoms with Crippen molar-refractivity contribution in [1.29, 1.82) is 0 Å². The third kappa shape index (κ3) is 3.16. The highest BCUT2D eigenvalue weighted by Gasteiger charge is 2.22. The van der Waals surface area contributed by atoms with Crippen LogP contribution in [0.5, 0.6) is 0 Å². The van der Waals surface area contributed by atoms with Crippen molar-refractivity contribution in [3.05, 3.63) is 35.4 Å². The fourth-order valence-corrected chi connectivity index (χ4v) is 2.29. The van der Waals surface area contributed by atoms with Gasteiger partial charge in [0.05, 0.1) is 6.04 Å². The first kappa shape index (κ1) is 13.9. The summed E-state index contributed by atoms with van der Waals surface area (Å²) >= 11 is 0. The molecule has 0 amide bonds. The predicted octanol–water partition coefficient (Wildman–Crippen LogP) is 3.39. The highest BCUT2D eigenvalue weighted by molar-refractivity contribution is 5.83. The first-order valence-corrected chi connectivity index (χ1v) is 6.24. The van der Waals surface area contributed by atoms with Crippen LogP contribution in [0.2, 0.25) is 0 Å². The van der Waals surface area contributed by atoms with Crippen LogP contribution in [0.1, 0.15) is 50.3 Å². The number of carbonyl (C=O) groups excluding carboxylic acids is 1. The molecule has 0 aliphatic rings. The van der Waals surface area contributed by atoms with E-state index in [0.717, 1.165) is 12.0 Å². The molecule has 0 saturated heterocycles. The SMILES string of the molecule is CCC(C)c1ccccc1C(C(C)=O)N(C)C. The Hall–Kier alpha value is -1.15. The number of Topliss-reactive ketones (excluding diaryl/α,β-unsaturated/α-hetero) is 1. The van der Waals surface area contributed by atoms with E-state index in [1.165, 1.54) is 5.56 Å². The second-order valence-electron chi connectivity index (χ2n) is 4.92. The van der Waals surface area contributed by atoms with Crippen LogP contribution in [-0.4, -0.2) is 24.8 Å². The van der Waals surface area contributed by atoms with Crippen LogP contribution in [0.25, 0.3) is 0 Å². The van der Waals surface area contributed by atoms with E-state index in [1.54, 1.807) is 6.92 Å². The molecule has 1 rings (SSSR count). The summed E-state index contributed by atoms with van der Waals surface area (Å²) < 4.78 is 0. The molecule has 0 aromatic heterocycles. The van der Waals surface area contributed by atoms with Crippen molar-refractivity contribution in [3.63, 3.8) is 0 Å². The van der Waals surface area contributed by atoms with E-state index < -0.39 is 0 Å². The van der Waals surface area contributed by atoms with Crippen molar-refractivity contribution >= 4 is 5.78 Å². The summed E-state index contributed by atoms with van der Waals surface area (Å²) in [5, 5.41) is 0. The van der Waals surface area contributed by atoms with E-state index in [1.807, 2.05) is 25.1 Å². The normalized spacial score (nSPS) is 14.7. The molecular weight excluding hydrogens is 210 g/mol. The van der Waals surface area contributed by atoms with E-state index in [0.29, 0.717) is 5.92 Å². The van der Waals surface area contributed by atoms with Gasteiger partial charge in [0.25, 0.3) is 0 Å². The fourth-order valence-electron chi connectivity index (χ4n) is 2.29. The predicted molar refractivity (Wildman–Crippen MR) is 72.3 cm³/mol. The van der Waals surface area contributed by atoms with Gasteiger partial charge in [0.1, 0.15) is 0 Å². The second kappa shape index (κ2) is 5.97. The second-order valence-corrected chi connectivity index (χ2v) is 4.92. The van der Waals surface area contributed by atoms with Gasteiger partial charge in [-0.1, -0.05) is 38.1 Å². The molecule has 94 valence electrons. The van der Waals surface area contributed by atoms with Crippen LogP contribution in [0.3, 0.4) is 0 Å². The summed E-state index contributed by atoms with van der Waals surface area (Å²) in [4.78, 5) is 13.8. The summed E-state index contributed by atoms with van der Waals surface area (Å²) in [6.45, 7) is 6.06. The van der Waals surface area contributed by atoms with Crippen LogP contribution in [0, 0.1) is 0 Å². The Morgan fingerprint density at radius 2 is 1.76 bits per heavy atom. The Bertz CT molecular complexity index is 384. The van der Waals surface area contributed by atoms with E-state index in [4.69, 9.17) is 0 Å². The minimum Gasteiger partial charge on any atom is -0.298 e. The molecule has 0 bridgehead atoms. The minimum absolute atomic E-state index is 0.125. The minimum atomic E-state index is -0.125. The average Bonchev–Trinajstić information content (AvgIpc) is 2.28. The van der Waals surface area contributed by atoms with Gasteiger partial charge in [0, 0.05) is 0 Å². The number of ketones is 1. The molecule has 0 radical (unpaired) electrons. The lowest BCUT2D eigenvalue weighted by atomic mass is 9.88. The Morgan fingerprint density at radius 3 is 2.18 bits per heavy atom. The number of hydrogen-bond acceptors (Lipinski definition) is 2. The average molecular weight is 233 g/mol. The molecular formula is C15H23NO. The molecule has 2 nitrogen and oxygen atoms in total. The van der Waals surface area contributed by atoms with Crippen molar-refractivity contribution in [1.82, 2.24) is 4.90 Å².